The van der Waals surface area contributed by atoms with E-state index in [2.05, 4.69) is 0 Å². The van der Waals surface area contributed by atoms with Crippen molar-refractivity contribution in [3.05, 3.63) is 52.4 Å². The minimum Gasteiger partial charge on any atom is -0.353 e. The molecule has 1 aromatic carbocycles. The molecule has 1 aromatic heterocycles. The smallest absolute Gasteiger partial charge is 0.289 e. The predicted octanol–water partition coefficient (Wildman–Crippen LogP) is 1.29. The Labute approximate surface area is 123 Å². The van der Waals surface area contributed by atoms with Gasteiger partial charge >= 0.3 is 0 Å². The van der Waals surface area contributed by atoms with Gasteiger partial charge in [-0.1, -0.05) is 18.2 Å². The second kappa shape index (κ2) is 7.10. The number of ether oxygens (including phenoxy) is 2. The van der Waals surface area contributed by atoms with E-state index in [9.17, 15) is 4.79 Å². The van der Waals surface area contributed by atoms with Crippen molar-refractivity contribution in [3.8, 4) is 5.69 Å². The molecule has 0 fully saturated rings. The molecule has 0 atom stereocenters. The third kappa shape index (κ3) is 3.53. The number of hydrogen-bond acceptors (Lipinski definition) is 4. The normalized spacial score (nSPS) is 11.2. The Morgan fingerprint density at radius 1 is 1.14 bits per heavy atom. The van der Waals surface area contributed by atoms with Gasteiger partial charge < -0.3 is 15.3 Å². The quantitative estimate of drug-likeness (QED) is 0.616. The highest BCUT2D eigenvalue weighted by atomic mass is 16.7. The van der Waals surface area contributed by atoms with Gasteiger partial charge in [-0.05, 0) is 26.0 Å². The van der Waals surface area contributed by atoms with Gasteiger partial charge in [-0.15, -0.1) is 0 Å². The van der Waals surface area contributed by atoms with Gasteiger partial charge in [0.1, 0.15) is 0 Å². The van der Waals surface area contributed by atoms with Crippen LogP contribution in [0.1, 0.15) is 19.4 Å². The zero-order valence-corrected chi connectivity index (χ0v) is 12.4. The zero-order valence-electron chi connectivity index (χ0n) is 12.4. The summed E-state index contributed by atoms with van der Waals surface area (Å²) in [6.45, 7) is 4.84. The van der Waals surface area contributed by atoms with E-state index in [1.165, 1.54) is 0 Å². The van der Waals surface area contributed by atoms with Crippen LogP contribution in [0.5, 0.6) is 0 Å². The summed E-state index contributed by atoms with van der Waals surface area (Å²) in [4.78, 5) is 13.3. The molecule has 2 aromatic rings. The molecule has 6 heteroatoms. The van der Waals surface area contributed by atoms with Crippen LogP contribution in [0.4, 0.5) is 0 Å². The van der Waals surface area contributed by atoms with E-state index in [0.717, 1.165) is 10.5 Å². The van der Waals surface area contributed by atoms with Crippen molar-refractivity contribution in [2.75, 3.05) is 19.1 Å². The first-order valence-corrected chi connectivity index (χ1v) is 7.04. The summed E-state index contributed by atoms with van der Waals surface area (Å²) >= 11 is 0. The van der Waals surface area contributed by atoms with Crippen molar-refractivity contribution in [2.45, 2.75) is 26.6 Å². The Balaban J connectivity index is 2.28. The molecule has 0 aliphatic rings. The lowest BCUT2D eigenvalue weighted by atomic mass is 10.2. The molecule has 21 heavy (non-hydrogen) atoms. The van der Waals surface area contributed by atoms with Crippen LogP contribution < -0.4 is 11.4 Å². The summed E-state index contributed by atoms with van der Waals surface area (Å²) in [7, 11) is 0. The van der Waals surface area contributed by atoms with Gasteiger partial charge in [0.2, 0.25) is 0 Å². The number of aromatic nitrogens is 2. The van der Waals surface area contributed by atoms with Crippen LogP contribution >= 0.6 is 0 Å². The van der Waals surface area contributed by atoms with Crippen molar-refractivity contribution in [1.82, 2.24) is 9.47 Å². The number of para-hydroxylation sites is 1. The Morgan fingerprint density at radius 3 is 2.33 bits per heavy atom. The predicted molar refractivity (Wildman–Crippen MR) is 80.9 cm³/mol. The minimum absolute atomic E-state index is 0.247. The highest BCUT2D eigenvalue weighted by Gasteiger charge is 2.16. The van der Waals surface area contributed by atoms with Gasteiger partial charge in [-0.25, -0.2) is 4.68 Å². The molecular formula is C15H21N3O3. The number of nitrogens with two attached hydrogens (primary N) is 1. The number of rotatable bonds is 7. The average Bonchev–Trinajstić information content (AvgIpc) is 2.77. The topological polar surface area (TPSA) is 71.4 Å². The monoisotopic (exact) mass is 291 g/mol. The van der Waals surface area contributed by atoms with Crippen molar-refractivity contribution < 1.29 is 9.47 Å². The Morgan fingerprint density at radius 2 is 1.76 bits per heavy atom. The van der Waals surface area contributed by atoms with Gasteiger partial charge in [-0.3, -0.25) is 4.79 Å². The maximum atomic E-state index is 12.2. The molecule has 0 bridgehead atoms. The minimum atomic E-state index is -0.431. The first-order valence-electron chi connectivity index (χ1n) is 7.04. The van der Waals surface area contributed by atoms with Gasteiger partial charge in [0.25, 0.3) is 5.56 Å². The molecule has 114 valence electrons. The fourth-order valence-corrected chi connectivity index (χ4v) is 2.15. The molecule has 1 heterocycles. The van der Waals surface area contributed by atoms with E-state index >= 15 is 0 Å². The second-order valence-electron chi connectivity index (χ2n) is 4.53. The summed E-state index contributed by atoms with van der Waals surface area (Å²) in [5.74, 6) is 5.84. The van der Waals surface area contributed by atoms with E-state index in [1.54, 1.807) is 10.9 Å². The average molecular weight is 291 g/mol. The highest BCUT2D eigenvalue weighted by molar-refractivity contribution is 5.31. The Kier molecular flexibility index (Phi) is 5.19. The van der Waals surface area contributed by atoms with Gasteiger partial charge in [0.05, 0.1) is 5.69 Å². The number of nitrogens with zero attached hydrogens (tertiary/aromatic N) is 2. The molecule has 0 aliphatic heterocycles. The molecule has 0 unspecified atom stereocenters. The van der Waals surface area contributed by atoms with Crippen molar-refractivity contribution in [2.24, 2.45) is 0 Å². The summed E-state index contributed by atoms with van der Waals surface area (Å²) in [6.07, 6.45) is 1.67. The molecule has 0 saturated carbocycles. The lowest BCUT2D eigenvalue weighted by Crippen LogP contribution is -2.31. The molecule has 0 saturated heterocycles. The molecule has 6 nitrogen and oxygen atoms in total. The van der Waals surface area contributed by atoms with Crippen LogP contribution in [0.2, 0.25) is 0 Å². The molecule has 0 amide bonds. The maximum Gasteiger partial charge on any atom is 0.289 e. The molecule has 0 radical (unpaired) electrons. The standard InChI is InChI=1S/C15H21N3O3/c1-3-20-14(21-4-2)10-12-11-17(18(16)15(12)19)13-8-6-5-7-9-13/h5-9,11,14H,3-4,10,16H2,1-2H3. The maximum absolute atomic E-state index is 12.2. The first-order chi connectivity index (χ1) is 10.2. The van der Waals surface area contributed by atoms with Crippen LogP contribution in [-0.2, 0) is 15.9 Å². The summed E-state index contributed by atoms with van der Waals surface area (Å²) in [5.41, 5.74) is 1.14. The van der Waals surface area contributed by atoms with E-state index in [1.807, 2.05) is 44.2 Å². The summed E-state index contributed by atoms with van der Waals surface area (Å²) < 4.78 is 12.6. The molecule has 0 spiro atoms. The van der Waals surface area contributed by atoms with E-state index < -0.39 is 6.29 Å². The van der Waals surface area contributed by atoms with Crippen LogP contribution in [0.15, 0.2) is 41.3 Å². The van der Waals surface area contributed by atoms with Crippen molar-refractivity contribution in [3.63, 3.8) is 0 Å². The van der Waals surface area contributed by atoms with Crippen molar-refractivity contribution >= 4 is 0 Å². The summed E-state index contributed by atoms with van der Waals surface area (Å²) in [5, 5.41) is 0. The summed E-state index contributed by atoms with van der Waals surface area (Å²) in [6, 6.07) is 9.46. The Bertz CT molecular complexity index is 613. The van der Waals surface area contributed by atoms with E-state index in [4.69, 9.17) is 15.3 Å². The lowest BCUT2D eigenvalue weighted by Gasteiger charge is -2.15. The SMILES string of the molecule is CCOC(Cc1cn(-c2ccccc2)n(N)c1=O)OCC. The van der Waals surface area contributed by atoms with Crippen LogP contribution in [0.3, 0.4) is 0 Å². The fraction of sp³-hybridized carbons (Fsp3) is 0.400. The van der Waals surface area contributed by atoms with Crippen LogP contribution in [0, 0.1) is 0 Å². The second-order valence-corrected chi connectivity index (χ2v) is 4.53. The molecule has 2 rings (SSSR count). The number of hydrogen-bond donors (Lipinski definition) is 1. The number of nitrogen functional groups attached to an aromatic ring is 1. The van der Waals surface area contributed by atoms with Gasteiger partial charge in [-0.2, -0.15) is 4.79 Å². The highest BCUT2D eigenvalue weighted by Crippen LogP contribution is 2.09. The van der Waals surface area contributed by atoms with Gasteiger partial charge in [0.15, 0.2) is 6.29 Å². The first kappa shape index (κ1) is 15.3. The molecule has 0 aliphatic carbocycles. The van der Waals surface area contributed by atoms with Crippen molar-refractivity contribution in [1.29, 1.82) is 0 Å². The zero-order chi connectivity index (χ0) is 15.2. The van der Waals surface area contributed by atoms with E-state index in [-0.39, 0.29) is 5.56 Å². The molecular weight excluding hydrogens is 270 g/mol. The number of benzene rings is 1. The fourth-order valence-electron chi connectivity index (χ4n) is 2.15. The third-order valence-corrected chi connectivity index (χ3v) is 3.11. The largest absolute Gasteiger partial charge is 0.353 e. The third-order valence-electron chi connectivity index (χ3n) is 3.11. The van der Waals surface area contributed by atoms with Crippen LogP contribution in [-0.4, -0.2) is 29.0 Å². The molecule has 2 N–H and O–H groups in total. The lowest BCUT2D eigenvalue weighted by molar-refractivity contribution is -0.134. The van der Waals surface area contributed by atoms with Crippen LogP contribution in [0.25, 0.3) is 5.69 Å². The van der Waals surface area contributed by atoms with E-state index in [0.29, 0.717) is 25.2 Å². The Hall–Kier alpha value is -2.05. The van der Waals surface area contributed by atoms with Gasteiger partial charge in [0, 0.05) is 31.4 Å².